The van der Waals surface area contributed by atoms with Gasteiger partial charge in [-0.3, -0.25) is 14.9 Å². The molecular weight excluding hydrogens is 394 g/mol. The number of nitro groups is 1. The van der Waals surface area contributed by atoms with Crippen molar-refractivity contribution in [3.63, 3.8) is 0 Å². The Balaban J connectivity index is 2.22. The summed E-state index contributed by atoms with van der Waals surface area (Å²) in [6.45, 7) is 3.26. The highest BCUT2D eigenvalue weighted by Crippen LogP contribution is 2.35. The van der Waals surface area contributed by atoms with Crippen LogP contribution in [0.1, 0.15) is 29.8 Å². The van der Waals surface area contributed by atoms with Crippen LogP contribution in [0.2, 0.25) is 0 Å². The van der Waals surface area contributed by atoms with Gasteiger partial charge >= 0.3 is 5.97 Å². The number of rotatable bonds is 8. The first-order chi connectivity index (χ1) is 14.3. The van der Waals surface area contributed by atoms with Gasteiger partial charge in [0, 0.05) is 11.8 Å². The van der Waals surface area contributed by atoms with Crippen molar-refractivity contribution in [2.75, 3.05) is 19.0 Å². The van der Waals surface area contributed by atoms with E-state index in [9.17, 15) is 19.7 Å². The zero-order valence-electron chi connectivity index (χ0n) is 16.5. The van der Waals surface area contributed by atoms with Crippen molar-refractivity contribution in [1.29, 1.82) is 5.26 Å². The Kier molecular flexibility index (Phi) is 7.30. The summed E-state index contributed by atoms with van der Waals surface area (Å²) in [6, 6.07) is 10.3. The Labute approximate surface area is 172 Å². The van der Waals surface area contributed by atoms with Crippen molar-refractivity contribution in [3.8, 4) is 17.6 Å². The number of nitrogens with one attached hydrogen (secondary N) is 1. The van der Waals surface area contributed by atoms with Crippen LogP contribution in [-0.4, -0.2) is 36.6 Å². The lowest BCUT2D eigenvalue weighted by Gasteiger charge is -2.15. The normalized spacial score (nSPS) is 11.0. The fraction of sp³-hybridized carbons (Fsp3) is 0.250. The first-order valence-electron chi connectivity index (χ1n) is 8.81. The molecule has 0 aliphatic rings. The number of anilines is 1. The molecule has 0 radical (unpaired) electrons. The number of carbonyl (C=O) groups is 2. The van der Waals surface area contributed by atoms with Crippen LogP contribution in [-0.2, 0) is 9.53 Å². The van der Waals surface area contributed by atoms with Crippen LogP contribution < -0.4 is 14.8 Å². The topological polar surface area (TPSA) is 141 Å². The summed E-state index contributed by atoms with van der Waals surface area (Å²) in [7, 11) is 1.31. The first-order valence-corrected chi connectivity index (χ1v) is 8.81. The summed E-state index contributed by atoms with van der Waals surface area (Å²) in [5, 5.41) is 22.8. The van der Waals surface area contributed by atoms with E-state index in [1.165, 1.54) is 20.1 Å². The van der Waals surface area contributed by atoms with E-state index in [0.717, 1.165) is 12.1 Å². The monoisotopic (exact) mass is 413 g/mol. The summed E-state index contributed by atoms with van der Waals surface area (Å²) < 4.78 is 15.5. The average molecular weight is 413 g/mol. The molecular formula is C20H19N3O7. The number of hydrogen-bond acceptors (Lipinski definition) is 8. The predicted octanol–water partition coefficient (Wildman–Crippen LogP) is 3.06. The highest BCUT2D eigenvalue weighted by molar-refractivity contribution is 5.99. The van der Waals surface area contributed by atoms with E-state index in [4.69, 9.17) is 19.5 Å². The van der Waals surface area contributed by atoms with Gasteiger partial charge in [0.15, 0.2) is 17.6 Å². The quantitative estimate of drug-likeness (QED) is 0.395. The second kappa shape index (κ2) is 9.88. The van der Waals surface area contributed by atoms with Gasteiger partial charge in [-0.15, -0.1) is 0 Å². The fourth-order valence-corrected chi connectivity index (χ4v) is 2.48. The SMILES string of the molecule is CCOc1cc(C(=O)O[C@@H](C)C(=O)Nc2cccc(C#N)c2)c([N+](=O)[O-])cc1OC. The number of hydrogen-bond donors (Lipinski definition) is 1. The second-order valence-electron chi connectivity index (χ2n) is 5.94. The predicted molar refractivity (Wildman–Crippen MR) is 105 cm³/mol. The lowest BCUT2D eigenvalue weighted by atomic mass is 10.1. The lowest BCUT2D eigenvalue weighted by Crippen LogP contribution is -2.30. The summed E-state index contributed by atoms with van der Waals surface area (Å²) in [6.07, 6.45) is -1.26. The number of nitriles is 1. The minimum absolute atomic E-state index is 0.0864. The van der Waals surface area contributed by atoms with Gasteiger partial charge in [-0.1, -0.05) is 6.07 Å². The van der Waals surface area contributed by atoms with Crippen molar-refractivity contribution in [2.45, 2.75) is 20.0 Å². The van der Waals surface area contributed by atoms with Crippen LogP contribution in [0.4, 0.5) is 11.4 Å². The molecule has 2 aromatic rings. The van der Waals surface area contributed by atoms with Crippen LogP contribution in [0, 0.1) is 21.4 Å². The van der Waals surface area contributed by atoms with Crippen molar-refractivity contribution < 1.29 is 28.7 Å². The van der Waals surface area contributed by atoms with E-state index in [2.05, 4.69) is 5.32 Å². The highest BCUT2D eigenvalue weighted by Gasteiger charge is 2.28. The average Bonchev–Trinajstić information content (AvgIpc) is 2.73. The minimum Gasteiger partial charge on any atom is -0.493 e. The number of ether oxygens (including phenoxy) is 3. The number of carbonyl (C=O) groups excluding carboxylic acids is 2. The fourth-order valence-electron chi connectivity index (χ4n) is 2.48. The Bertz CT molecular complexity index is 1010. The molecule has 156 valence electrons. The van der Waals surface area contributed by atoms with E-state index in [1.54, 1.807) is 25.1 Å². The lowest BCUT2D eigenvalue weighted by molar-refractivity contribution is -0.385. The molecule has 30 heavy (non-hydrogen) atoms. The van der Waals surface area contributed by atoms with Crippen molar-refractivity contribution in [3.05, 3.63) is 57.6 Å². The molecule has 0 saturated carbocycles. The van der Waals surface area contributed by atoms with Gasteiger partial charge < -0.3 is 19.5 Å². The summed E-state index contributed by atoms with van der Waals surface area (Å²) in [5.74, 6) is -1.52. The van der Waals surface area contributed by atoms with Crippen LogP contribution in [0.3, 0.4) is 0 Å². The maximum absolute atomic E-state index is 12.5. The van der Waals surface area contributed by atoms with Gasteiger partial charge in [-0.2, -0.15) is 5.26 Å². The van der Waals surface area contributed by atoms with Gasteiger partial charge in [-0.25, -0.2) is 4.79 Å². The molecule has 0 fully saturated rings. The molecule has 0 spiro atoms. The molecule has 0 saturated heterocycles. The van der Waals surface area contributed by atoms with Gasteiger partial charge in [0.1, 0.15) is 5.56 Å². The summed E-state index contributed by atoms with van der Waals surface area (Å²) in [5.41, 5.74) is -0.240. The van der Waals surface area contributed by atoms with Gasteiger partial charge in [0.05, 0.1) is 36.3 Å². The number of benzene rings is 2. The zero-order chi connectivity index (χ0) is 22.3. The molecule has 1 atom stereocenters. The largest absolute Gasteiger partial charge is 0.493 e. The van der Waals surface area contributed by atoms with Crippen LogP contribution in [0.5, 0.6) is 11.5 Å². The molecule has 0 aliphatic carbocycles. The Morgan fingerprint density at radius 1 is 1.27 bits per heavy atom. The molecule has 2 rings (SSSR count). The van der Waals surface area contributed by atoms with Crippen molar-refractivity contribution in [1.82, 2.24) is 0 Å². The zero-order valence-corrected chi connectivity index (χ0v) is 16.5. The Hall–Kier alpha value is -4.13. The molecule has 10 heteroatoms. The van der Waals surface area contributed by atoms with Crippen LogP contribution in [0.15, 0.2) is 36.4 Å². The Morgan fingerprint density at radius 2 is 2.00 bits per heavy atom. The third-order valence-electron chi connectivity index (χ3n) is 3.91. The molecule has 0 heterocycles. The smallest absolute Gasteiger partial charge is 0.346 e. The van der Waals surface area contributed by atoms with Crippen molar-refractivity contribution in [2.24, 2.45) is 0 Å². The number of nitro benzene ring substituents is 1. The molecule has 0 bridgehead atoms. The van der Waals surface area contributed by atoms with E-state index in [1.807, 2.05) is 6.07 Å². The number of amides is 1. The molecule has 2 aromatic carbocycles. The van der Waals surface area contributed by atoms with E-state index >= 15 is 0 Å². The molecule has 0 unspecified atom stereocenters. The maximum atomic E-state index is 12.5. The van der Waals surface area contributed by atoms with E-state index in [0.29, 0.717) is 11.3 Å². The van der Waals surface area contributed by atoms with Crippen LogP contribution >= 0.6 is 0 Å². The molecule has 0 aromatic heterocycles. The third-order valence-corrected chi connectivity index (χ3v) is 3.91. The standard InChI is InChI=1S/C20H19N3O7/c1-4-29-18-9-15(16(23(26)27)10-17(18)28-3)20(25)30-12(2)19(24)22-14-7-5-6-13(8-14)11-21/h5-10,12H,4H2,1-3H3,(H,22,24)/t12-/m0/s1. The van der Waals surface area contributed by atoms with Gasteiger partial charge in [0.2, 0.25) is 0 Å². The Morgan fingerprint density at radius 3 is 2.60 bits per heavy atom. The second-order valence-corrected chi connectivity index (χ2v) is 5.94. The van der Waals surface area contributed by atoms with Crippen LogP contribution in [0.25, 0.3) is 0 Å². The number of nitrogens with zero attached hydrogens (tertiary/aromatic N) is 2. The first kappa shape index (κ1) is 22.2. The van der Waals surface area contributed by atoms with Gasteiger partial charge in [0.25, 0.3) is 11.6 Å². The molecule has 10 nitrogen and oxygen atoms in total. The highest BCUT2D eigenvalue weighted by atomic mass is 16.6. The number of esters is 1. The molecule has 0 aliphatic heterocycles. The van der Waals surface area contributed by atoms with E-state index in [-0.39, 0.29) is 23.7 Å². The summed E-state index contributed by atoms with van der Waals surface area (Å²) in [4.78, 5) is 35.5. The maximum Gasteiger partial charge on any atom is 0.346 e. The van der Waals surface area contributed by atoms with Gasteiger partial charge in [-0.05, 0) is 32.0 Å². The third kappa shape index (κ3) is 5.23. The molecule has 1 N–H and O–H groups in total. The summed E-state index contributed by atoms with van der Waals surface area (Å²) >= 11 is 0. The molecule has 1 amide bonds. The number of methoxy groups -OCH3 is 1. The minimum atomic E-state index is -1.26. The van der Waals surface area contributed by atoms with E-state index < -0.39 is 28.6 Å². The van der Waals surface area contributed by atoms with Crippen molar-refractivity contribution >= 4 is 23.3 Å².